The Morgan fingerprint density at radius 3 is 2.10 bits per heavy atom. The molecule has 3 heteroatoms. The molecule has 0 fully saturated rings. The zero-order valence-electron chi connectivity index (χ0n) is 13.0. The molecule has 112 valence electrons. The van der Waals surface area contributed by atoms with Gasteiger partial charge >= 0.3 is 0 Å². The van der Waals surface area contributed by atoms with Gasteiger partial charge in [0.2, 0.25) is 0 Å². The number of hydrogen-bond donors (Lipinski definition) is 1. The smallest absolute Gasteiger partial charge is 0.161 e. The zero-order chi connectivity index (χ0) is 15.5. The number of benzene rings is 2. The maximum Gasteiger partial charge on any atom is 0.161 e. The van der Waals surface area contributed by atoms with Gasteiger partial charge in [-0.05, 0) is 23.3 Å². The molecule has 0 radical (unpaired) electrons. The Bertz CT molecular complexity index is 591. The molecule has 0 aliphatic heterocycles. The molecule has 2 rings (SSSR count). The summed E-state index contributed by atoms with van der Waals surface area (Å²) in [7, 11) is 3.19. The van der Waals surface area contributed by atoms with E-state index in [1.165, 1.54) is 0 Å². The van der Waals surface area contributed by atoms with Crippen molar-refractivity contribution in [2.24, 2.45) is 0 Å². The van der Waals surface area contributed by atoms with Crippen LogP contribution in [-0.2, 0) is 5.41 Å². The molecular formula is C18H22O3. The molecule has 0 aliphatic carbocycles. The first-order valence-electron chi connectivity index (χ1n) is 6.96. The van der Waals surface area contributed by atoms with E-state index in [0.717, 1.165) is 11.1 Å². The summed E-state index contributed by atoms with van der Waals surface area (Å²) in [6.07, 6.45) is -0.639. The van der Waals surface area contributed by atoms with Crippen molar-refractivity contribution >= 4 is 0 Å². The van der Waals surface area contributed by atoms with Crippen molar-refractivity contribution < 1.29 is 14.6 Å². The first kappa shape index (κ1) is 15.4. The van der Waals surface area contributed by atoms with E-state index in [4.69, 9.17) is 9.47 Å². The normalized spacial score (nSPS) is 12.8. The van der Waals surface area contributed by atoms with Crippen LogP contribution in [0.4, 0.5) is 0 Å². The molecule has 1 unspecified atom stereocenters. The van der Waals surface area contributed by atoms with Gasteiger partial charge in [-0.1, -0.05) is 50.2 Å². The molecule has 1 N–H and O–H groups in total. The number of methoxy groups -OCH3 is 2. The highest BCUT2D eigenvalue weighted by Crippen LogP contribution is 2.39. The van der Waals surface area contributed by atoms with Crippen molar-refractivity contribution in [3.05, 3.63) is 59.7 Å². The van der Waals surface area contributed by atoms with Crippen molar-refractivity contribution in [2.45, 2.75) is 25.4 Å². The fourth-order valence-corrected chi connectivity index (χ4v) is 2.47. The highest BCUT2D eigenvalue weighted by Gasteiger charge is 2.31. The topological polar surface area (TPSA) is 38.7 Å². The second-order valence-corrected chi connectivity index (χ2v) is 5.60. The van der Waals surface area contributed by atoms with E-state index in [2.05, 4.69) is 0 Å². The van der Waals surface area contributed by atoms with Gasteiger partial charge in [-0.15, -0.1) is 0 Å². The molecule has 3 nitrogen and oxygen atoms in total. The Morgan fingerprint density at radius 2 is 1.52 bits per heavy atom. The van der Waals surface area contributed by atoms with Gasteiger partial charge in [0, 0.05) is 5.41 Å². The van der Waals surface area contributed by atoms with Crippen molar-refractivity contribution in [2.75, 3.05) is 14.2 Å². The van der Waals surface area contributed by atoms with Crippen molar-refractivity contribution in [3.8, 4) is 11.5 Å². The second kappa shape index (κ2) is 6.19. The Labute approximate surface area is 126 Å². The molecule has 0 saturated carbocycles. The minimum Gasteiger partial charge on any atom is -0.493 e. The first-order valence-corrected chi connectivity index (χ1v) is 6.96. The fourth-order valence-electron chi connectivity index (χ4n) is 2.47. The number of ether oxygens (including phenoxy) is 2. The van der Waals surface area contributed by atoms with E-state index in [0.29, 0.717) is 11.5 Å². The van der Waals surface area contributed by atoms with Gasteiger partial charge in [-0.3, -0.25) is 0 Å². The van der Waals surface area contributed by atoms with Gasteiger partial charge in [0.05, 0.1) is 20.3 Å². The van der Waals surface area contributed by atoms with Crippen molar-refractivity contribution in [1.29, 1.82) is 0 Å². The maximum absolute atomic E-state index is 10.8. The Hall–Kier alpha value is -2.00. The number of aliphatic hydroxyl groups excluding tert-OH is 1. The Kier molecular flexibility index (Phi) is 4.53. The fraction of sp³-hybridized carbons (Fsp3) is 0.333. The summed E-state index contributed by atoms with van der Waals surface area (Å²) in [6, 6.07) is 15.5. The van der Waals surface area contributed by atoms with Crippen LogP contribution in [0.15, 0.2) is 48.5 Å². The number of hydrogen-bond acceptors (Lipinski definition) is 3. The lowest BCUT2D eigenvalue weighted by Gasteiger charge is -2.31. The molecule has 2 aromatic carbocycles. The van der Waals surface area contributed by atoms with E-state index in [9.17, 15) is 5.11 Å². The molecule has 0 heterocycles. The largest absolute Gasteiger partial charge is 0.493 e. The molecule has 0 aliphatic rings. The molecule has 1 atom stereocenters. The minimum absolute atomic E-state index is 0.402. The van der Waals surface area contributed by atoms with Crippen LogP contribution in [0.2, 0.25) is 0 Å². The lowest BCUT2D eigenvalue weighted by atomic mass is 9.76. The van der Waals surface area contributed by atoms with Gasteiger partial charge in [-0.25, -0.2) is 0 Å². The molecule has 0 saturated heterocycles. The van der Waals surface area contributed by atoms with Gasteiger partial charge < -0.3 is 14.6 Å². The summed E-state index contributed by atoms with van der Waals surface area (Å²) in [5.41, 5.74) is 1.50. The monoisotopic (exact) mass is 286 g/mol. The van der Waals surface area contributed by atoms with Gasteiger partial charge in [-0.2, -0.15) is 0 Å². The summed E-state index contributed by atoms with van der Waals surface area (Å²) in [6.45, 7) is 4.06. The second-order valence-electron chi connectivity index (χ2n) is 5.60. The van der Waals surface area contributed by atoms with Crippen LogP contribution in [0.1, 0.15) is 31.1 Å². The van der Waals surface area contributed by atoms with Crippen LogP contribution in [0.25, 0.3) is 0 Å². The minimum atomic E-state index is -0.639. The highest BCUT2D eigenvalue weighted by atomic mass is 16.5. The first-order chi connectivity index (χ1) is 10.0. The predicted octanol–water partition coefficient (Wildman–Crippen LogP) is 3.72. The maximum atomic E-state index is 10.8. The number of rotatable bonds is 5. The van der Waals surface area contributed by atoms with E-state index in [-0.39, 0.29) is 0 Å². The van der Waals surface area contributed by atoms with E-state index in [1.54, 1.807) is 14.2 Å². The third-order valence-electron chi connectivity index (χ3n) is 3.92. The lowest BCUT2D eigenvalue weighted by molar-refractivity contribution is 0.0999. The molecule has 2 aromatic rings. The van der Waals surface area contributed by atoms with Crippen LogP contribution in [0.5, 0.6) is 11.5 Å². The van der Waals surface area contributed by atoms with Gasteiger partial charge in [0.25, 0.3) is 0 Å². The standard InChI is InChI=1S/C18H22O3/c1-18(2,14-8-6-5-7-9-14)17(19)13-10-11-15(20-3)16(12-13)21-4/h5-12,17,19H,1-4H3. The van der Waals surface area contributed by atoms with Crippen LogP contribution in [-0.4, -0.2) is 19.3 Å². The predicted molar refractivity (Wildman–Crippen MR) is 84.0 cm³/mol. The van der Waals surface area contributed by atoms with Crippen LogP contribution in [0, 0.1) is 0 Å². The third kappa shape index (κ3) is 3.03. The highest BCUT2D eigenvalue weighted by molar-refractivity contribution is 5.44. The average molecular weight is 286 g/mol. The molecule has 21 heavy (non-hydrogen) atoms. The summed E-state index contributed by atoms with van der Waals surface area (Å²) in [5.74, 6) is 1.28. The van der Waals surface area contributed by atoms with Crippen LogP contribution < -0.4 is 9.47 Å². The quantitative estimate of drug-likeness (QED) is 0.910. The summed E-state index contributed by atoms with van der Waals surface area (Å²) in [5, 5.41) is 10.8. The van der Waals surface area contributed by atoms with Gasteiger partial charge in [0.15, 0.2) is 11.5 Å². The third-order valence-corrected chi connectivity index (χ3v) is 3.92. The van der Waals surface area contributed by atoms with Crippen molar-refractivity contribution in [3.63, 3.8) is 0 Å². The summed E-state index contributed by atoms with van der Waals surface area (Å²) in [4.78, 5) is 0. The zero-order valence-corrected chi connectivity index (χ0v) is 13.0. The van der Waals surface area contributed by atoms with Crippen LogP contribution >= 0.6 is 0 Å². The Morgan fingerprint density at radius 1 is 0.905 bits per heavy atom. The van der Waals surface area contributed by atoms with Crippen LogP contribution in [0.3, 0.4) is 0 Å². The average Bonchev–Trinajstić information content (AvgIpc) is 2.54. The molecule has 0 aromatic heterocycles. The molecular weight excluding hydrogens is 264 g/mol. The SMILES string of the molecule is COc1ccc(C(O)C(C)(C)c2ccccc2)cc1OC. The molecule has 0 amide bonds. The van der Waals surface area contributed by atoms with Gasteiger partial charge in [0.1, 0.15) is 0 Å². The number of aliphatic hydroxyl groups is 1. The van der Waals surface area contributed by atoms with Crippen molar-refractivity contribution in [1.82, 2.24) is 0 Å². The Balaban J connectivity index is 2.37. The molecule has 0 spiro atoms. The molecule has 0 bridgehead atoms. The lowest BCUT2D eigenvalue weighted by Crippen LogP contribution is -2.26. The summed E-state index contributed by atoms with van der Waals surface area (Å²) < 4.78 is 10.5. The van der Waals surface area contributed by atoms with E-state index < -0.39 is 11.5 Å². The van der Waals surface area contributed by atoms with E-state index >= 15 is 0 Å². The summed E-state index contributed by atoms with van der Waals surface area (Å²) >= 11 is 0. The van der Waals surface area contributed by atoms with E-state index in [1.807, 2.05) is 62.4 Å².